The van der Waals surface area contributed by atoms with Crippen LogP contribution in [0.25, 0.3) is 0 Å². The van der Waals surface area contributed by atoms with E-state index in [9.17, 15) is 14.0 Å². The molecule has 0 spiro atoms. The predicted molar refractivity (Wildman–Crippen MR) is 45.6 cm³/mol. The Labute approximate surface area is 79.8 Å². The Kier molecular flexibility index (Phi) is 2.99. The zero-order valence-electron chi connectivity index (χ0n) is 5.53. The van der Waals surface area contributed by atoms with Gasteiger partial charge in [0.25, 0.3) is 0 Å². The third-order valence-electron chi connectivity index (χ3n) is 1.07. The van der Waals surface area contributed by atoms with Crippen LogP contribution in [0.4, 0.5) is 9.57 Å². The normalized spacial score (nSPS) is 9.83. The lowest BCUT2D eigenvalue weighted by atomic mass is 10.4. The number of aromatic nitrogens is 1. The zero-order chi connectivity index (χ0) is 9.14. The Morgan fingerprint density at radius 3 is 2.92 bits per heavy atom. The average molecular weight is 253 g/mol. The summed E-state index contributed by atoms with van der Waals surface area (Å²) in [5, 5.41) is 10.1. The molecule has 12 heavy (non-hydrogen) atoms. The number of nitrogens with zero attached hydrogens (tertiary/aromatic N) is 2. The molecule has 1 aromatic heterocycles. The summed E-state index contributed by atoms with van der Waals surface area (Å²) < 4.78 is 12.5. The van der Waals surface area contributed by atoms with Crippen molar-refractivity contribution in [2.75, 3.05) is 0 Å². The van der Waals surface area contributed by atoms with Crippen LogP contribution in [0.3, 0.4) is 0 Å². The fourth-order valence-corrected chi connectivity index (χ4v) is 1.23. The van der Waals surface area contributed by atoms with E-state index in [-0.39, 0.29) is 22.9 Å². The summed E-state index contributed by atoms with van der Waals surface area (Å²) in [5.41, 5.74) is -0.336. The maximum absolute atomic E-state index is 12.0. The lowest BCUT2D eigenvalue weighted by Gasteiger charge is -1.95. The molecule has 0 amide bonds. The van der Waals surface area contributed by atoms with Gasteiger partial charge >= 0.3 is 5.69 Å². The van der Waals surface area contributed by atoms with Crippen molar-refractivity contribution < 1.29 is 8.81 Å². The highest BCUT2D eigenvalue weighted by Crippen LogP contribution is 2.29. The van der Waals surface area contributed by atoms with E-state index in [0.717, 1.165) is 0 Å². The summed E-state index contributed by atoms with van der Waals surface area (Å²) in [6.45, 7) is 0. The van der Waals surface area contributed by atoms with Crippen molar-refractivity contribution in [3.05, 3.63) is 26.9 Å². The molecule has 1 aromatic rings. The van der Waals surface area contributed by atoms with E-state index in [1.54, 1.807) is 0 Å². The number of hydrogen-bond donors (Lipinski definition) is 0. The van der Waals surface area contributed by atoms with E-state index in [1.807, 2.05) is 0 Å². The standard InChI is InChI=1S/C5H2BrFN2O2S/c6-3-1-4(9(10)11)5(12-7)8-2-3/h1-2H. The summed E-state index contributed by atoms with van der Waals surface area (Å²) >= 11 is 2.75. The summed E-state index contributed by atoms with van der Waals surface area (Å²) in [6.07, 6.45) is 1.30. The van der Waals surface area contributed by atoms with Crippen LogP contribution in [-0.4, -0.2) is 9.91 Å². The van der Waals surface area contributed by atoms with Gasteiger partial charge in [-0.15, -0.1) is 0 Å². The van der Waals surface area contributed by atoms with Gasteiger partial charge in [-0.25, -0.2) is 4.98 Å². The average Bonchev–Trinajstić information content (AvgIpc) is 2.04. The Morgan fingerprint density at radius 1 is 1.75 bits per heavy atom. The first kappa shape index (κ1) is 9.40. The molecule has 0 aliphatic heterocycles. The molecule has 0 fully saturated rings. The van der Waals surface area contributed by atoms with Gasteiger partial charge in [0.2, 0.25) is 5.03 Å². The van der Waals surface area contributed by atoms with Crippen LogP contribution < -0.4 is 0 Å². The molecule has 0 saturated heterocycles. The first-order chi connectivity index (χ1) is 5.65. The summed E-state index contributed by atoms with van der Waals surface area (Å²) in [6, 6.07) is 1.20. The second kappa shape index (κ2) is 3.81. The molecule has 0 saturated carbocycles. The van der Waals surface area contributed by atoms with Crippen LogP contribution in [0.1, 0.15) is 0 Å². The molecular weight excluding hydrogens is 251 g/mol. The molecule has 7 heteroatoms. The number of halogens is 2. The van der Waals surface area contributed by atoms with Crippen molar-refractivity contribution in [3.8, 4) is 0 Å². The summed E-state index contributed by atoms with van der Waals surface area (Å²) in [7, 11) is 0. The molecule has 0 unspecified atom stereocenters. The minimum Gasteiger partial charge on any atom is -0.258 e. The Bertz CT molecular complexity index is 322. The minimum atomic E-state index is -0.681. The molecule has 64 valence electrons. The fraction of sp³-hybridized carbons (Fsp3) is 0. The van der Waals surface area contributed by atoms with E-state index in [1.165, 1.54) is 12.3 Å². The van der Waals surface area contributed by atoms with Crippen LogP contribution in [-0.2, 0) is 0 Å². The minimum absolute atomic E-state index is 0.233. The van der Waals surface area contributed by atoms with Gasteiger partial charge in [0.05, 0.1) is 4.92 Å². The van der Waals surface area contributed by atoms with E-state index in [4.69, 9.17) is 0 Å². The molecule has 0 aromatic carbocycles. The maximum atomic E-state index is 12.0. The lowest BCUT2D eigenvalue weighted by Crippen LogP contribution is -1.92. The lowest BCUT2D eigenvalue weighted by molar-refractivity contribution is -0.388. The van der Waals surface area contributed by atoms with Crippen LogP contribution in [0.2, 0.25) is 0 Å². The van der Waals surface area contributed by atoms with E-state index >= 15 is 0 Å². The largest absolute Gasteiger partial charge is 0.305 e. The van der Waals surface area contributed by atoms with Crippen molar-refractivity contribution in [2.45, 2.75) is 5.03 Å². The Hall–Kier alpha value is -0.690. The quantitative estimate of drug-likeness (QED) is 0.600. The zero-order valence-corrected chi connectivity index (χ0v) is 7.93. The summed E-state index contributed by atoms with van der Waals surface area (Å²) in [5.74, 6) is 0. The van der Waals surface area contributed by atoms with Crippen LogP contribution >= 0.6 is 28.1 Å². The molecule has 0 aliphatic rings. The van der Waals surface area contributed by atoms with Gasteiger partial charge in [0.15, 0.2) is 0 Å². The molecule has 1 heterocycles. The molecule has 0 aliphatic carbocycles. The maximum Gasteiger partial charge on any atom is 0.305 e. The van der Waals surface area contributed by atoms with Gasteiger partial charge in [-0.3, -0.25) is 10.1 Å². The van der Waals surface area contributed by atoms with Crippen molar-refractivity contribution >= 4 is 33.8 Å². The Morgan fingerprint density at radius 2 is 2.42 bits per heavy atom. The van der Waals surface area contributed by atoms with Gasteiger partial charge in [-0.2, -0.15) is 3.89 Å². The Balaban J connectivity index is 3.21. The van der Waals surface area contributed by atoms with Crippen molar-refractivity contribution in [1.82, 2.24) is 4.98 Å². The van der Waals surface area contributed by atoms with Gasteiger partial charge in [0, 0.05) is 16.7 Å². The van der Waals surface area contributed by atoms with Gasteiger partial charge in [-0.1, -0.05) is 0 Å². The van der Waals surface area contributed by atoms with Crippen LogP contribution in [0, 0.1) is 10.1 Å². The van der Waals surface area contributed by atoms with Crippen LogP contribution in [0.15, 0.2) is 21.8 Å². The molecule has 0 N–H and O–H groups in total. The molecule has 0 atom stereocenters. The van der Waals surface area contributed by atoms with E-state index in [0.29, 0.717) is 4.47 Å². The monoisotopic (exact) mass is 252 g/mol. The predicted octanol–water partition coefficient (Wildman–Crippen LogP) is 2.73. The van der Waals surface area contributed by atoms with Crippen molar-refractivity contribution in [2.24, 2.45) is 0 Å². The SMILES string of the molecule is O=[N+]([O-])c1cc(Br)cnc1SF. The third-order valence-corrected chi connectivity index (χ3v) is 1.96. The van der Waals surface area contributed by atoms with E-state index in [2.05, 4.69) is 20.9 Å². The molecule has 0 radical (unpaired) electrons. The van der Waals surface area contributed by atoms with Crippen molar-refractivity contribution in [1.29, 1.82) is 0 Å². The highest BCUT2D eigenvalue weighted by Gasteiger charge is 2.16. The van der Waals surface area contributed by atoms with E-state index < -0.39 is 4.92 Å². The fourth-order valence-electron chi connectivity index (χ4n) is 0.606. The molecule has 1 rings (SSSR count). The highest BCUT2D eigenvalue weighted by atomic mass is 79.9. The highest BCUT2D eigenvalue weighted by molar-refractivity contribution is 9.10. The third kappa shape index (κ3) is 1.92. The smallest absolute Gasteiger partial charge is 0.258 e. The summed E-state index contributed by atoms with van der Waals surface area (Å²) in [4.78, 5) is 13.1. The topological polar surface area (TPSA) is 56.0 Å². The second-order valence-corrected chi connectivity index (χ2v) is 3.27. The molecular formula is C5H2BrFN2O2S. The number of nitro groups is 1. The molecule has 0 bridgehead atoms. The number of hydrogen-bond acceptors (Lipinski definition) is 4. The first-order valence-electron chi connectivity index (χ1n) is 2.73. The van der Waals surface area contributed by atoms with Crippen LogP contribution in [0.5, 0.6) is 0 Å². The number of rotatable bonds is 2. The number of pyridine rings is 1. The second-order valence-electron chi connectivity index (χ2n) is 1.81. The molecule has 4 nitrogen and oxygen atoms in total. The first-order valence-corrected chi connectivity index (χ1v) is 4.24. The van der Waals surface area contributed by atoms with Crippen molar-refractivity contribution in [3.63, 3.8) is 0 Å². The van der Waals surface area contributed by atoms with Gasteiger partial charge in [-0.05, 0) is 15.9 Å². The van der Waals surface area contributed by atoms with Gasteiger partial charge in [0.1, 0.15) is 12.1 Å². The van der Waals surface area contributed by atoms with Gasteiger partial charge < -0.3 is 0 Å².